The van der Waals surface area contributed by atoms with Gasteiger partial charge in [-0.3, -0.25) is 24.1 Å². The average molecular weight is 349 g/mol. The molecule has 7 heteroatoms. The first kappa shape index (κ1) is 17.0. The number of amides is 3. The van der Waals surface area contributed by atoms with Gasteiger partial charge in [-0.25, -0.2) is 0 Å². The van der Waals surface area contributed by atoms with Crippen molar-refractivity contribution in [1.82, 2.24) is 14.9 Å². The summed E-state index contributed by atoms with van der Waals surface area (Å²) in [6, 6.07) is -0.678. The van der Waals surface area contributed by atoms with Crippen LogP contribution in [-0.2, 0) is 19.2 Å². The van der Waals surface area contributed by atoms with Crippen molar-refractivity contribution in [2.45, 2.75) is 57.8 Å². The van der Waals surface area contributed by atoms with E-state index in [9.17, 15) is 14.4 Å². The van der Waals surface area contributed by atoms with Crippen molar-refractivity contribution in [1.29, 1.82) is 0 Å². The molecular formula is C18H27N3O4. The van der Waals surface area contributed by atoms with Crippen LogP contribution in [0.2, 0.25) is 0 Å². The number of hydrogen-bond donors (Lipinski definition) is 0. The Kier molecular flexibility index (Phi) is 3.57. The van der Waals surface area contributed by atoms with Gasteiger partial charge in [-0.15, -0.1) is 5.06 Å². The molecule has 6 atom stereocenters. The molecule has 25 heavy (non-hydrogen) atoms. The van der Waals surface area contributed by atoms with E-state index < -0.39 is 23.7 Å². The number of carbonyl (C=O) groups excluding carboxylic acids is 3. The van der Waals surface area contributed by atoms with Gasteiger partial charge in [0.1, 0.15) is 17.6 Å². The minimum absolute atomic E-state index is 0.0938. The molecule has 3 heterocycles. The Balaban J connectivity index is 1.80. The number of hydrogen-bond acceptors (Lipinski definition) is 5. The molecule has 7 nitrogen and oxygen atoms in total. The molecular weight excluding hydrogens is 322 g/mol. The summed E-state index contributed by atoms with van der Waals surface area (Å²) in [7, 11) is 3.30. The molecule has 0 aromatic carbocycles. The standard InChI is InChI=1S/C18H27N3O4/c1-9(2)11-7-6-10(3)8-18(11)20(5)16(23)13-12-14(25-21(13)18)17(24)19(4)15(12)22/h9-14H,6-8H2,1-5H3/t10-,11+,12-,13+,14+,18+/m1/s1. The lowest BCUT2D eigenvalue weighted by Gasteiger charge is -2.52. The van der Waals surface area contributed by atoms with E-state index in [1.807, 2.05) is 11.9 Å². The summed E-state index contributed by atoms with van der Waals surface area (Å²) in [6.07, 6.45) is 2.10. The zero-order valence-corrected chi connectivity index (χ0v) is 15.6. The van der Waals surface area contributed by atoms with E-state index in [0.717, 1.165) is 24.2 Å². The van der Waals surface area contributed by atoms with Gasteiger partial charge in [0.2, 0.25) is 11.8 Å². The van der Waals surface area contributed by atoms with Crippen LogP contribution in [0.5, 0.6) is 0 Å². The maximum atomic E-state index is 13.2. The van der Waals surface area contributed by atoms with Crippen molar-refractivity contribution >= 4 is 17.7 Å². The second-order valence-electron chi connectivity index (χ2n) is 8.57. The van der Waals surface area contributed by atoms with E-state index in [0.29, 0.717) is 11.8 Å². The minimum Gasteiger partial charge on any atom is -0.323 e. The van der Waals surface area contributed by atoms with Crippen molar-refractivity contribution in [2.24, 2.45) is 23.7 Å². The molecule has 1 aliphatic carbocycles. The highest BCUT2D eigenvalue weighted by molar-refractivity contribution is 6.09. The fraction of sp³-hybridized carbons (Fsp3) is 0.833. The van der Waals surface area contributed by atoms with Gasteiger partial charge in [0.15, 0.2) is 6.10 Å². The number of imide groups is 1. The molecule has 3 aliphatic heterocycles. The molecule has 138 valence electrons. The van der Waals surface area contributed by atoms with Crippen molar-refractivity contribution in [2.75, 3.05) is 14.1 Å². The van der Waals surface area contributed by atoms with E-state index in [2.05, 4.69) is 20.8 Å². The van der Waals surface area contributed by atoms with Crippen LogP contribution in [0.15, 0.2) is 0 Å². The molecule has 1 spiro atoms. The second kappa shape index (κ2) is 5.27. The van der Waals surface area contributed by atoms with Gasteiger partial charge in [-0.05, 0) is 24.7 Å². The van der Waals surface area contributed by atoms with Crippen molar-refractivity contribution < 1.29 is 19.2 Å². The highest BCUT2D eigenvalue weighted by Crippen LogP contribution is 2.55. The first-order valence-corrected chi connectivity index (χ1v) is 9.27. The molecule has 0 bridgehead atoms. The number of hydroxylamine groups is 2. The summed E-state index contributed by atoms with van der Waals surface area (Å²) in [6.45, 7) is 6.55. The van der Waals surface area contributed by atoms with Crippen LogP contribution in [-0.4, -0.2) is 64.5 Å². The fourth-order valence-electron chi connectivity index (χ4n) is 5.64. The lowest BCUT2D eigenvalue weighted by molar-refractivity contribution is -0.261. The van der Waals surface area contributed by atoms with Crippen LogP contribution >= 0.6 is 0 Å². The number of likely N-dealkylation sites (N-methyl/N-ethyl adjacent to an activating group) is 2. The molecule has 1 saturated carbocycles. The number of nitrogens with zero attached hydrogens (tertiary/aromatic N) is 3. The third-order valence-electron chi connectivity index (χ3n) is 6.90. The summed E-state index contributed by atoms with van der Waals surface area (Å²) in [5.41, 5.74) is -0.558. The molecule has 0 N–H and O–H groups in total. The Hall–Kier alpha value is -1.47. The average Bonchev–Trinajstić information content (AvgIpc) is 3.11. The van der Waals surface area contributed by atoms with Gasteiger partial charge in [-0.1, -0.05) is 27.2 Å². The monoisotopic (exact) mass is 349 g/mol. The molecule has 0 unspecified atom stereocenters. The van der Waals surface area contributed by atoms with Crippen LogP contribution in [0.1, 0.15) is 40.0 Å². The number of carbonyl (C=O) groups is 3. The van der Waals surface area contributed by atoms with E-state index >= 15 is 0 Å². The Bertz CT molecular complexity index is 650. The van der Waals surface area contributed by atoms with Gasteiger partial charge < -0.3 is 4.90 Å². The highest BCUT2D eigenvalue weighted by Gasteiger charge is 2.72. The summed E-state index contributed by atoms with van der Waals surface area (Å²) >= 11 is 0. The normalized spacial score (nSPS) is 44.4. The predicted molar refractivity (Wildman–Crippen MR) is 88.6 cm³/mol. The molecule has 0 aromatic heterocycles. The fourth-order valence-corrected chi connectivity index (χ4v) is 5.64. The molecule has 4 fully saturated rings. The molecule has 0 radical (unpaired) electrons. The van der Waals surface area contributed by atoms with Crippen molar-refractivity contribution in [3.63, 3.8) is 0 Å². The molecule has 3 amide bonds. The quantitative estimate of drug-likeness (QED) is 0.656. The van der Waals surface area contributed by atoms with E-state index in [1.165, 1.54) is 7.05 Å². The second-order valence-corrected chi connectivity index (χ2v) is 8.57. The number of fused-ring (bicyclic) bond motifs is 4. The largest absolute Gasteiger partial charge is 0.323 e. The maximum absolute atomic E-state index is 13.2. The summed E-state index contributed by atoms with van der Waals surface area (Å²) in [4.78, 5) is 47.1. The van der Waals surface area contributed by atoms with Crippen LogP contribution in [0, 0.1) is 23.7 Å². The lowest BCUT2D eigenvalue weighted by atomic mass is 9.69. The topological polar surface area (TPSA) is 70.2 Å². The van der Waals surface area contributed by atoms with E-state index in [4.69, 9.17) is 4.84 Å². The van der Waals surface area contributed by atoms with E-state index in [-0.39, 0.29) is 23.6 Å². The molecule has 3 saturated heterocycles. The van der Waals surface area contributed by atoms with Crippen LogP contribution in [0.4, 0.5) is 0 Å². The lowest BCUT2D eigenvalue weighted by Crippen LogP contribution is -2.61. The van der Waals surface area contributed by atoms with Crippen LogP contribution in [0.3, 0.4) is 0 Å². The smallest absolute Gasteiger partial charge is 0.261 e. The zero-order chi connectivity index (χ0) is 18.3. The molecule has 4 rings (SSSR count). The Morgan fingerprint density at radius 2 is 1.76 bits per heavy atom. The third kappa shape index (κ3) is 1.91. The summed E-state index contributed by atoms with van der Waals surface area (Å²) in [5, 5.41) is 1.76. The van der Waals surface area contributed by atoms with Gasteiger partial charge >= 0.3 is 0 Å². The SMILES string of the molecule is CC(C)[C@@H]1CC[C@@H](C)C[C@@]12N(C)C(=O)[C@@H]1[C@H]3C(=O)N(C)C(=O)[C@H]3ON12. The van der Waals surface area contributed by atoms with Gasteiger partial charge in [0.25, 0.3) is 5.91 Å². The van der Waals surface area contributed by atoms with Crippen LogP contribution in [0.25, 0.3) is 0 Å². The third-order valence-corrected chi connectivity index (χ3v) is 6.90. The Morgan fingerprint density at radius 1 is 1.08 bits per heavy atom. The maximum Gasteiger partial charge on any atom is 0.261 e. The Morgan fingerprint density at radius 3 is 2.40 bits per heavy atom. The molecule has 4 aliphatic rings. The molecule has 0 aromatic rings. The van der Waals surface area contributed by atoms with Crippen molar-refractivity contribution in [3.8, 4) is 0 Å². The zero-order valence-electron chi connectivity index (χ0n) is 15.6. The summed E-state index contributed by atoms with van der Waals surface area (Å²) < 4.78 is 0. The van der Waals surface area contributed by atoms with Crippen molar-refractivity contribution in [3.05, 3.63) is 0 Å². The van der Waals surface area contributed by atoms with E-state index in [1.54, 1.807) is 5.06 Å². The van der Waals surface area contributed by atoms with Gasteiger partial charge in [-0.2, -0.15) is 0 Å². The first-order chi connectivity index (χ1) is 11.7. The number of rotatable bonds is 1. The predicted octanol–water partition coefficient (Wildman–Crippen LogP) is 0.846. The van der Waals surface area contributed by atoms with Gasteiger partial charge in [0, 0.05) is 20.0 Å². The Labute approximate surface area is 148 Å². The minimum atomic E-state index is -0.845. The number of likely N-dealkylation sites (tertiary alicyclic amines) is 1. The van der Waals surface area contributed by atoms with Crippen LogP contribution < -0.4 is 0 Å². The first-order valence-electron chi connectivity index (χ1n) is 9.27. The van der Waals surface area contributed by atoms with Gasteiger partial charge in [0.05, 0.1) is 0 Å². The highest BCUT2D eigenvalue weighted by atomic mass is 16.7. The summed E-state index contributed by atoms with van der Waals surface area (Å²) in [5.74, 6) is -0.349.